The van der Waals surface area contributed by atoms with Crippen LogP contribution in [0.5, 0.6) is 0 Å². The van der Waals surface area contributed by atoms with Gasteiger partial charge in [0.15, 0.2) is 0 Å². The minimum atomic E-state index is -1.06. The van der Waals surface area contributed by atoms with Crippen molar-refractivity contribution in [2.75, 3.05) is 19.4 Å². The molecule has 0 spiro atoms. The molecule has 0 heterocycles. The van der Waals surface area contributed by atoms with E-state index in [4.69, 9.17) is 4.74 Å². The molecule has 114 valence electrons. The SMILES string of the molecule is CCCCOCC[C@@H](NC[Si](C)(C)C)c1ccccc1. The first-order valence-electron chi connectivity index (χ1n) is 7.89. The van der Waals surface area contributed by atoms with Crippen LogP contribution in [-0.4, -0.2) is 27.5 Å². The van der Waals surface area contributed by atoms with Crippen LogP contribution in [0.25, 0.3) is 0 Å². The zero-order chi connectivity index (χ0) is 14.8. The van der Waals surface area contributed by atoms with Crippen LogP contribution in [0.3, 0.4) is 0 Å². The minimum Gasteiger partial charge on any atom is -0.381 e. The second-order valence-electron chi connectivity index (χ2n) is 6.66. The Kier molecular flexibility index (Phi) is 8.11. The number of rotatable bonds is 10. The van der Waals surface area contributed by atoms with E-state index in [-0.39, 0.29) is 0 Å². The Morgan fingerprint density at radius 3 is 2.40 bits per heavy atom. The molecule has 20 heavy (non-hydrogen) atoms. The summed E-state index contributed by atoms with van der Waals surface area (Å²) in [5, 5.41) is 3.75. The van der Waals surface area contributed by atoms with E-state index in [1.807, 2.05) is 0 Å². The van der Waals surface area contributed by atoms with Crippen molar-refractivity contribution < 1.29 is 4.74 Å². The Balaban J connectivity index is 2.47. The molecule has 0 bridgehead atoms. The maximum atomic E-state index is 5.73. The first kappa shape index (κ1) is 17.4. The van der Waals surface area contributed by atoms with E-state index in [0.29, 0.717) is 6.04 Å². The predicted molar refractivity (Wildman–Crippen MR) is 90.9 cm³/mol. The van der Waals surface area contributed by atoms with Crippen LogP contribution in [0.2, 0.25) is 19.6 Å². The Bertz CT molecular complexity index is 348. The lowest BCUT2D eigenvalue weighted by Crippen LogP contribution is -2.38. The number of benzene rings is 1. The van der Waals surface area contributed by atoms with Gasteiger partial charge >= 0.3 is 0 Å². The van der Waals surface area contributed by atoms with Crippen molar-refractivity contribution in [1.82, 2.24) is 5.32 Å². The number of hydrogen-bond acceptors (Lipinski definition) is 2. The van der Waals surface area contributed by atoms with Gasteiger partial charge in [0.1, 0.15) is 0 Å². The average Bonchev–Trinajstić information content (AvgIpc) is 2.42. The quantitative estimate of drug-likeness (QED) is 0.510. The fourth-order valence-electron chi connectivity index (χ4n) is 2.05. The Morgan fingerprint density at radius 2 is 1.80 bits per heavy atom. The van der Waals surface area contributed by atoms with Crippen LogP contribution in [0, 0.1) is 0 Å². The van der Waals surface area contributed by atoms with Gasteiger partial charge < -0.3 is 10.1 Å². The van der Waals surface area contributed by atoms with Gasteiger partial charge in [-0.15, -0.1) is 0 Å². The lowest BCUT2D eigenvalue weighted by molar-refractivity contribution is 0.122. The van der Waals surface area contributed by atoms with Crippen LogP contribution in [0.1, 0.15) is 37.8 Å². The molecule has 0 radical (unpaired) electrons. The molecular formula is C17H31NOSi. The molecule has 1 rings (SSSR count). The Morgan fingerprint density at radius 1 is 1.10 bits per heavy atom. The largest absolute Gasteiger partial charge is 0.381 e. The molecular weight excluding hydrogens is 262 g/mol. The molecule has 1 atom stereocenters. The Hall–Kier alpha value is -0.643. The number of ether oxygens (including phenoxy) is 1. The van der Waals surface area contributed by atoms with Crippen molar-refractivity contribution in [2.45, 2.75) is 51.9 Å². The topological polar surface area (TPSA) is 21.3 Å². The van der Waals surface area contributed by atoms with E-state index >= 15 is 0 Å². The third-order valence-electron chi connectivity index (χ3n) is 3.27. The van der Waals surface area contributed by atoms with Crippen molar-refractivity contribution >= 4 is 8.07 Å². The molecule has 0 saturated carbocycles. The van der Waals surface area contributed by atoms with E-state index in [0.717, 1.165) is 25.8 Å². The summed E-state index contributed by atoms with van der Waals surface area (Å²) in [6, 6.07) is 11.2. The highest BCUT2D eigenvalue weighted by Gasteiger charge is 2.17. The van der Waals surface area contributed by atoms with Gasteiger partial charge in [0.05, 0.1) is 8.07 Å². The molecule has 0 amide bonds. The van der Waals surface area contributed by atoms with Gasteiger partial charge in [-0.05, 0) is 24.6 Å². The highest BCUT2D eigenvalue weighted by Crippen LogP contribution is 2.17. The van der Waals surface area contributed by atoms with Crippen LogP contribution < -0.4 is 5.32 Å². The second kappa shape index (κ2) is 9.32. The van der Waals surface area contributed by atoms with E-state index in [1.165, 1.54) is 18.4 Å². The van der Waals surface area contributed by atoms with E-state index in [2.05, 4.69) is 62.2 Å². The summed E-state index contributed by atoms with van der Waals surface area (Å²) in [4.78, 5) is 0. The van der Waals surface area contributed by atoms with Crippen molar-refractivity contribution in [2.24, 2.45) is 0 Å². The number of unbranched alkanes of at least 4 members (excludes halogenated alkanes) is 1. The number of hydrogen-bond donors (Lipinski definition) is 1. The zero-order valence-electron chi connectivity index (χ0n) is 13.6. The molecule has 0 fully saturated rings. The maximum absolute atomic E-state index is 5.73. The fraction of sp³-hybridized carbons (Fsp3) is 0.647. The molecule has 3 heteroatoms. The van der Waals surface area contributed by atoms with Gasteiger partial charge in [-0.1, -0.05) is 63.3 Å². The summed E-state index contributed by atoms with van der Waals surface area (Å²) in [6.07, 6.45) is 4.58. The highest BCUT2D eigenvalue weighted by molar-refractivity contribution is 6.76. The molecule has 0 aromatic heterocycles. The summed E-state index contributed by atoms with van der Waals surface area (Å²) in [7, 11) is -1.06. The molecule has 0 aliphatic heterocycles. The van der Waals surface area contributed by atoms with Crippen molar-refractivity contribution in [3.05, 3.63) is 35.9 Å². The smallest absolute Gasteiger partial charge is 0.0596 e. The normalized spacial score (nSPS) is 13.4. The van der Waals surface area contributed by atoms with Gasteiger partial charge in [0, 0.05) is 19.3 Å². The standard InChI is InChI=1S/C17H31NOSi/c1-5-6-13-19-14-12-17(18-15-20(2,3)4)16-10-8-7-9-11-16/h7-11,17-18H,5-6,12-15H2,1-4H3/t17-/m1/s1. The highest BCUT2D eigenvalue weighted by atomic mass is 28.3. The van der Waals surface area contributed by atoms with Crippen molar-refractivity contribution in [3.8, 4) is 0 Å². The molecule has 2 nitrogen and oxygen atoms in total. The van der Waals surface area contributed by atoms with Crippen LogP contribution in [0.4, 0.5) is 0 Å². The van der Waals surface area contributed by atoms with Crippen molar-refractivity contribution in [3.63, 3.8) is 0 Å². The summed E-state index contributed by atoms with van der Waals surface area (Å²) in [6.45, 7) is 11.1. The molecule has 0 aliphatic carbocycles. The second-order valence-corrected chi connectivity index (χ2v) is 12.1. The first-order chi connectivity index (χ1) is 9.53. The van der Waals surface area contributed by atoms with Crippen LogP contribution in [0.15, 0.2) is 30.3 Å². The Labute approximate surface area is 125 Å². The van der Waals surface area contributed by atoms with Gasteiger partial charge in [0.2, 0.25) is 0 Å². The van der Waals surface area contributed by atoms with Gasteiger partial charge in [-0.2, -0.15) is 0 Å². The third kappa shape index (κ3) is 7.83. The summed E-state index contributed by atoms with van der Waals surface area (Å²) >= 11 is 0. The summed E-state index contributed by atoms with van der Waals surface area (Å²) in [5.41, 5.74) is 1.38. The lowest BCUT2D eigenvalue weighted by Gasteiger charge is -2.24. The van der Waals surface area contributed by atoms with Crippen LogP contribution >= 0.6 is 0 Å². The molecule has 0 unspecified atom stereocenters. The van der Waals surface area contributed by atoms with Gasteiger partial charge in [-0.25, -0.2) is 0 Å². The summed E-state index contributed by atoms with van der Waals surface area (Å²) in [5.74, 6) is 0. The molecule has 0 aliphatic rings. The van der Waals surface area contributed by atoms with E-state index in [9.17, 15) is 0 Å². The molecule has 0 saturated heterocycles. The fourth-order valence-corrected chi connectivity index (χ4v) is 2.91. The van der Waals surface area contributed by atoms with E-state index < -0.39 is 8.07 Å². The maximum Gasteiger partial charge on any atom is 0.0596 e. The van der Waals surface area contributed by atoms with Crippen molar-refractivity contribution in [1.29, 1.82) is 0 Å². The monoisotopic (exact) mass is 293 g/mol. The first-order valence-corrected chi connectivity index (χ1v) is 11.6. The zero-order valence-corrected chi connectivity index (χ0v) is 14.6. The minimum absolute atomic E-state index is 0.421. The lowest BCUT2D eigenvalue weighted by atomic mass is 10.0. The molecule has 1 aromatic rings. The van der Waals surface area contributed by atoms with Gasteiger partial charge in [-0.3, -0.25) is 0 Å². The summed E-state index contributed by atoms with van der Waals surface area (Å²) < 4.78 is 5.73. The third-order valence-corrected chi connectivity index (χ3v) is 4.54. The molecule has 1 aromatic carbocycles. The predicted octanol–water partition coefficient (Wildman–Crippen LogP) is 4.40. The number of nitrogens with one attached hydrogen (secondary N) is 1. The van der Waals surface area contributed by atoms with Crippen LogP contribution in [-0.2, 0) is 4.74 Å². The van der Waals surface area contributed by atoms with Gasteiger partial charge in [0.25, 0.3) is 0 Å². The average molecular weight is 294 g/mol. The van der Waals surface area contributed by atoms with E-state index in [1.54, 1.807) is 0 Å². The molecule has 1 N–H and O–H groups in total.